The number of rotatable bonds is 8. The predicted molar refractivity (Wildman–Crippen MR) is 130 cm³/mol. The molecule has 0 saturated heterocycles. The maximum Gasteiger partial charge on any atom is 0.416 e. The number of benzene rings is 2. The van der Waals surface area contributed by atoms with Gasteiger partial charge in [0.2, 0.25) is 5.89 Å². The summed E-state index contributed by atoms with van der Waals surface area (Å²) < 4.78 is 65.0. The number of imidazole rings is 1. The maximum absolute atomic E-state index is 14.0. The van der Waals surface area contributed by atoms with Crippen LogP contribution in [0.15, 0.2) is 77.2 Å². The van der Waals surface area contributed by atoms with Crippen LogP contribution in [0.25, 0.3) is 22.7 Å². The average Bonchev–Trinajstić information content (AvgIpc) is 3.65. The van der Waals surface area contributed by atoms with E-state index < -0.39 is 17.6 Å². The highest BCUT2D eigenvalue weighted by molar-refractivity contribution is 7.13. The van der Waals surface area contributed by atoms with Gasteiger partial charge in [0.15, 0.2) is 0 Å². The summed E-state index contributed by atoms with van der Waals surface area (Å²) in [5.41, 5.74) is 1.36. The fraction of sp³-hybridized carbons (Fsp3) is 0.115. The first-order chi connectivity index (χ1) is 17.8. The molecule has 3 heterocycles. The Morgan fingerprint density at radius 3 is 2.59 bits per heavy atom. The van der Waals surface area contributed by atoms with Crippen LogP contribution in [0, 0.1) is 5.82 Å². The van der Waals surface area contributed by atoms with Crippen LogP contribution in [0.3, 0.4) is 0 Å². The van der Waals surface area contributed by atoms with Gasteiger partial charge in [0.1, 0.15) is 35.1 Å². The Kier molecular flexibility index (Phi) is 6.87. The number of ether oxygens (including phenoxy) is 1. The van der Waals surface area contributed by atoms with Crippen LogP contribution < -0.4 is 4.74 Å². The molecule has 0 saturated carbocycles. The van der Waals surface area contributed by atoms with Crippen molar-refractivity contribution in [1.82, 2.24) is 19.5 Å². The molecule has 0 spiro atoms. The number of thiazole rings is 1. The number of halogens is 4. The highest BCUT2D eigenvalue weighted by Crippen LogP contribution is 2.30. The highest BCUT2D eigenvalue weighted by Gasteiger charge is 2.31. The van der Waals surface area contributed by atoms with E-state index in [1.807, 2.05) is 40.4 Å². The fourth-order valence-electron chi connectivity index (χ4n) is 3.40. The van der Waals surface area contributed by atoms with Crippen molar-refractivity contribution < 1.29 is 26.7 Å². The van der Waals surface area contributed by atoms with Gasteiger partial charge in [0.25, 0.3) is 0 Å². The van der Waals surface area contributed by atoms with Gasteiger partial charge in [-0.2, -0.15) is 13.2 Å². The van der Waals surface area contributed by atoms with Gasteiger partial charge in [0.05, 0.1) is 24.1 Å². The lowest BCUT2D eigenvalue weighted by Gasteiger charge is -2.07. The second-order valence-corrected chi connectivity index (χ2v) is 8.79. The number of nitrogens with zero attached hydrogens (tertiary/aromatic N) is 4. The topological polar surface area (TPSA) is 66.0 Å². The third kappa shape index (κ3) is 6.12. The van der Waals surface area contributed by atoms with E-state index in [-0.39, 0.29) is 18.1 Å². The fourth-order valence-corrected chi connectivity index (χ4v) is 4.21. The number of hydrogen-bond donors (Lipinski definition) is 0. The minimum absolute atomic E-state index is 0.0156. The minimum atomic E-state index is -4.60. The average molecular weight is 527 g/mol. The second kappa shape index (κ2) is 10.4. The smallest absolute Gasteiger partial charge is 0.416 e. The van der Waals surface area contributed by atoms with Crippen molar-refractivity contribution in [2.45, 2.75) is 19.3 Å². The molecule has 0 aliphatic heterocycles. The molecular weight excluding hydrogens is 508 g/mol. The van der Waals surface area contributed by atoms with E-state index in [1.54, 1.807) is 23.9 Å². The Labute approximate surface area is 212 Å². The first-order valence-electron chi connectivity index (χ1n) is 11.0. The summed E-state index contributed by atoms with van der Waals surface area (Å²) in [6.07, 6.45) is 4.83. The summed E-state index contributed by atoms with van der Waals surface area (Å²) in [5, 5.41) is 2.92. The van der Waals surface area contributed by atoms with Gasteiger partial charge in [-0.3, -0.25) is 0 Å². The summed E-state index contributed by atoms with van der Waals surface area (Å²) in [6, 6.07) is 9.83. The second-order valence-electron chi connectivity index (χ2n) is 7.94. The van der Waals surface area contributed by atoms with E-state index in [2.05, 4.69) is 15.0 Å². The summed E-state index contributed by atoms with van der Waals surface area (Å²) >= 11 is 1.56. The van der Waals surface area contributed by atoms with Crippen LogP contribution in [-0.2, 0) is 19.3 Å². The monoisotopic (exact) mass is 526 g/mol. The molecule has 0 radical (unpaired) electrons. The number of oxazole rings is 1. The molecule has 0 atom stereocenters. The van der Waals surface area contributed by atoms with E-state index in [0.29, 0.717) is 24.1 Å². The zero-order valence-electron chi connectivity index (χ0n) is 19.0. The van der Waals surface area contributed by atoms with Gasteiger partial charge in [-0.25, -0.2) is 19.3 Å². The number of hydrogen-bond acceptors (Lipinski definition) is 6. The van der Waals surface area contributed by atoms with Crippen LogP contribution >= 0.6 is 11.3 Å². The Morgan fingerprint density at radius 2 is 1.86 bits per heavy atom. The Bertz CT molecular complexity index is 1510. The lowest BCUT2D eigenvalue weighted by molar-refractivity contribution is -0.137. The first-order valence-corrected chi connectivity index (χ1v) is 11.8. The molecule has 11 heteroatoms. The quantitative estimate of drug-likeness (QED) is 0.205. The Balaban J connectivity index is 1.16. The number of alkyl halides is 3. The van der Waals surface area contributed by atoms with Crippen molar-refractivity contribution in [2.24, 2.45) is 0 Å². The van der Waals surface area contributed by atoms with Gasteiger partial charge < -0.3 is 13.7 Å². The van der Waals surface area contributed by atoms with Crippen molar-refractivity contribution in [1.29, 1.82) is 0 Å². The van der Waals surface area contributed by atoms with E-state index in [1.165, 1.54) is 18.4 Å². The van der Waals surface area contributed by atoms with Gasteiger partial charge in [0, 0.05) is 35.0 Å². The predicted octanol–water partition coefficient (Wildman–Crippen LogP) is 6.95. The standard InChI is InChI=1S/C26H18F4N4O2S/c27-23-11-19(26(28,29)30)5-1-17(23)4-8-24-32-21(14-36-24)13-35-22-6-2-18(3-7-22)25-33-20(15-37-25)12-34-10-9-31-16-34/h1-11,14-16H,12-13H2. The molecule has 5 rings (SSSR count). The minimum Gasteiger partial charge on any atom is -0.487 e. The Morgan fingerprint density at radius 1 is 1.03 bits per heavy atom. The molecule has 0 N–H and O–H groups in total. The molecule has 0 amide bonds. The molecule has 37 heavy (non-hydrogen) atoms. The maximum atomic E-state index is 14.0. The van der Waals surface area contributed by atoms with Gasteiger partial charge in [-0.05, 0) is 42.5 Å². The van der Waals surface area contributed by atoms with Crippen molar-refractivity contribution in [3.63, 3.8) is 0 Å². The van der Waals surface area contributed by atoms with Gasteiger partial charge >= 0.3 is 6.18 Å². The SMILES string of the molecule is Fc1cc(C(F)(F)F)ccc1C=Cc1nc(COc2ccc(-c3nc(Cn4ccnc4)cs3)cc2)co1. The highest BCUT2D eigenvalue weighted by atomic mass is 32.1. The Hall–Kier alpha value is -4.25. The van der Waals surface area contributed by atoms with Crippen molar-refractivity contribution in [2.75, 3.05) is 0 Å². The molecule has 2 aromatic carbocycles. The molecule has 0 fully saturated rings. The first kappa shape index (κ1) is 24.4. The van der Waals surface area contributed by atoms with Crippen LogP contribution in [-0.4, -0.2) is 19.5 Å². The normalized spacial score (nSPS) is 11.9. The van der Waals surface area contributed by atoms with Crippen LogP contribution in [0.5, 0.6) is 5.75 Å². The molecule has 6 nitrogen and oxygen atoms in total. The van der Waals surface area contributed by atoms with E-state index in [4.69, 9.17) is 9.15 Å². The molecule has 0 bridgehead atoms. The molecule has 3 aromatic heterocycles. The zero-order valence-corrected chi connectivity index (χ0v) is 19.8. The summed E-state index contributed by atoms with van der Waals surface area (Å²) in [4.78, 5) is 12.9. The molecule has 0 aliphatic rings. The molecule has 5 aromatic rings. The van der Waals surface area contributed by atoms with E-state index in [9.17, 15) is 17.6 Å². The van der Waals surface area contributed by atoms with Gasteiger partial charge in [-0.1, -0.05) is 6.07 Å². The molecule has 188 valence electrons. The van der Waals surface area contributed by atoms with E-state index in [0.717, 1.165) is 28.4 Å². The summed E-state index contributed by atoms with van der Waals surface area (Å²) in [5.74, 6) is -0.189. The third-order valence-corrected chi connectivity index (χ3v) is 6.19. The van der Waals surface area contributed by atoms with Crippen molar-refractivity contribution in [3.05, 3.63) is 107 Å². The van der Waals surface area contributed by atoms with Crippen molar-refractivity contribution in [3.8, 4) is 16.3 Å². The molecule has 0 aliphatic carbocycles. The van der Waals surface area contributed by atoms with Gasteiger partial charge in [-0.15, -0.1) is 11.3 Å². The van der Waals surface area contributed by atoms with Crippen LogP contribution in [0.1, 0.15) is 28.4 Å². The zero-order chi connectivity index (χ0) is 25.8. The molecule has 0 unspecified atom stereocenters. The largest absolute Gasteiger partial charge is 0.487 e. The summed E-state index contributed by atoms with van der Waals surface area (Å²) in [7, 11) is 0. The van der Waals surface area contributed by atoms with Crippen LogP contribution in [0.2, 0.25) is 0 Å². The van der Waals surface area contributed by atoms with Crippen molar-refractivity contribution >= 4 is 23.5 Å². The lowest BCUT2D eigenvalue weighted by atomic mass is 10.1. The third-order valence-electron chi connectivity index (χ3n) is 5.25. The molecular formula is C26H18F4N4O2S. The van der Waals surface area contributed by atoms with Crippen LogP contribution in [0.4, 0.5) is 17.6 Å². The lowest BCUT2D eigenvalue weighted by Crippen LogP contribution is -2.05. The number of aromatic nitrogens is 4. The van der Waals surface area contributed by atoms with E-state index >= 15 is 0 Å². The summed E-state index contributed by atoms with van der Waals surface area (Å²) in [6.45, 7) is 0.795.